The molecule has 3 rings (SSSR count). The maximum atomic E-state index is 11.7. The van der Waals surface area contributed by atoms with Crippen LogP contribution in [-0.2, 0) is 17.6 Å². The van der Waals surface area contributed by atoms with Crippen molar-refractivity contribution in [1.82, 2.24) is 16.0 Å². The quantitative estimate of drug-likeness (QED) is 0.515. The molecular formula is C18H26N4O2. The maximum absolute atomic E-state index is 11.7. The van der Waals surface area contributed by atoms with E-state index in [0.29, 0.717) is 12.0 Å². The molecule has 1 amide bonds. The highest BCUT2D eigenvalue weighted by Gasteiger charge is 2.22. The van der Waals surface area contributed by atoms with Crippen LogP contribution in [0, 0.1) is 0 Å². The number of carbonyl (C=O) groups excluding carboxylic acids is 1. The van der Waals surface area contributed by atoms with E-state index in [-0.39, 0.29) is 12.5 Å². The molecule has 1 aromatic rings. The van der Waals surface area contributed by atoms with Gasteiger partial charge in [-0.15, -0.1) is 0 Å². The Morgan fingerprint density at radius 1 is 1.33 bits per heavy atom. The van der Waals surface area contributed by atoms with Crippen molar-refractivity contribution in [2.24, 2.45) is 4.99 Å². The fraction of sp³-hybridized carbons (Fsp3) is 0.556. The number of aliphatic imine (C=N–C) groups is 1. The van der Waals surface area contributed by atoms with Crippen molar-refractivity contribution in [2.45, 2.75) is 38.6 Å². The number of carbonyl (C=O) groups is 1. The molecule has 0 atom stereocenters. The van der Waals surface area contributed by atoms with Crippen LogP contribution >= 0.6 is 0 Å². The first kappa shape index (κ1) is 16.6. The Bertz CT molecular complexity index is 611. The van der Waals surface area contributed by atoms with Crippen LogP contribution in [0.4, 0.5) is 0 Å². The van der Waals surface area contributed by atoms with Crippen molar-refractivity contribution in [3.05, 3.63) is 29.3 Å². The van der Waals surface area contributed by atoms with Crippen molar-refractivity contribution < 1.29 is 9.53 Å². The third-order valence-corrected chi connectivity index (χ3v) is 4.13. The molecule has 1 aromatic carbocycles. The monoisotopic (exact) mass is 330 g/mol. The fourth-order valence-corrected chi connectivity index (χ4v) is 2.71. The molecule has 0 unspecified atom stereocenters. The number of hydrogen-bond donors (Lipinski definition) is 3. The van der Waals surface area contributed by atoms with E-state index >= 15 is 0 Å². The Balaban J connectivity index is 1.45. The lowest BCUT2D eigenvalue weighted by molar-refractivity contribution is -0.119. The van der Waals surface area contributed by atoms with E-state index in [1.54, 1.807) is 0 Å². The molecule has 1 fully saturated rings. The molecule has 1 aliphatic heterocycles. The minimum absolute atomic E-state index is 0.00618. The summed E-state index contributed by atoms with van der Waals surface area (Å²) >= 11 is 0. The third-order valence-electron chi connectivity index (χ3n) is 4.13. The van der Waals surface area contributed by atoms with Gasteiger partial charge in [0.15, 0.2) is 5.96 Å². The highest BCUT2D eigenvalue weighted by atomic mass is 16.5. The zero-order chi connectivity index (χ0) is 16.8. The summed E-state index contributed by atoms with van der Waals surface area (Å²) in [6.45, 7) is 4.52. The first-order chi connectivity index (χ1) is 11.7. The summed E-state index contributed by atoms with van der Waals surface area (Å²) in [5.41, 5.74) is 2.58. The normalized spacial score (nSPS) is 16.3. The summed E-state index contributed by atoms with van der Waals surface area (Å²) in [5, 5.41) is 9.41. The van der Waals surface area contributed by atoms with E-state index in [1.807, 2.05) is 6.92 Å². The van der Waals surface area contributed by atoms with Gasteiger partial charge in [0.2, 0.25) is 5.91 Å². The summed E-state index contributed by atoms with van der Waals surface area (Å²) in [6.07, 6.45) is 4.10. The molecule has 0 bridgehead atoms. The molecule has 24 heavy (non-hydrogen) atoms. The SMILES string of the molecule is CCNC(=NCC(=O)NC1CC1)NCCc1ccc2c(c1)CCO2. The second kappa shape index (κ2) is 8.04. The van der Waals surface area contributed by atoms with Crippen molar-refractivity contribution in [2.75, 3.05) is 26.2 Å². The van der Waals surface area contributed by atoms with Gasteiger partial charge in [-0.25, -0.2) is 4.99 Å². The van der Waals surface area contributed by atoms with Gasteiger partial charge in [0.05, 0.1) is 6.61 Å². The Hall–Kier alpha value is -2.24. The predicted molar refractivity (Wildman–Crippen MR) is 94.5 cm³/mol. The number of fused-ring (bicyclic) bond motifs is 1. The molecule has 0 radical (unpaired) electrons. The third kappa shape index (κ3) is 4.88. The number of nitrogens with zero attached hydrogens (tertiary/aromatic N) is 1. The van der Waals surface area contributed by atoms with Crippen LogP contribution in [0.3, 0.4) is 0 Å². The Kier molecular flexibility index (Phi) is 5.56. The van der Waals surface area contributed by atoms with Gasteiger partial charge in [0.25, 0.3) is 0 Å². The van der Waals surface area contributed by atoms with Crippen LogP contribution in [0.5, 0.6) is 5.75 Å². The van der Waals surface area contributed by atoms with E-state index < -0.39 is 0 Å². The Morgan fingerprint density at radius 2 is 2.21 bits per heavy atom. The number of ether oxygens (including phenoxy) is 1. The minimum Gasteiger partial charge on any atom is -0.493 e. The van der Waals surface area contributed by atoms with Gasteiger partial charge in [-0.05, 0) is 43.4 Å². The van der Waals surface area contributed by atoms with Crippen LogP contribution in [0.1, 0.15) is 30.9 Å². The summed E-state index contributed by atoms with van der Waals surface area (Å²) in [5.74, 6) is 1.70. The lowest BCUT2D eigenvalue weighted by Crippen LogP contribution is -2.39. The second-order valence-corrected chi connectivity index (χ2v) is 6.25. The summed E-state index contributed by atoms with van der Waals surface area (Å²) < 4.78 is 5.53. The van der Waals surface area contributed by atoms with Gasteiger partial charge in [-0.3, -0.25) is 4.79 Å². The van der Waals surface area contributed by atoms with Crippen LogP contribution in [0.15, 0.2) is 23.2 Å². The van der Waals surface area contributed by atoms with Crippen LogP contribution in [0.2, 0.25) is 0 Å². The lowest BCUT2D eigenvalue weighted by atomic mass is 10.1. The number of guanidine groups is 1. The van der Waals surface area contributed by atoms with E-state index in [4.69, 9.17) is 4.74 Å². The molecule has 0 spiro atoms. The van der Waals surface area contributed by atoms with Gasteiger partial charge in [0, 0.05) is 25.6 Å². The molecule has 6 nitrogen and oxygen atoms in total. The van der Waals surface area contributed by atoms with E-state index in [9.17, 15) is 4.79 Å². The first-order valence-electron chi connectivity index (χ1n) is 8.80. The second-order valence-electron chi connectivity index (χ2n) is 6.25. The standard InChI is InChI=1S/C18H26N4O2/c1-2-19-18(21-12-17(23)22-15-4-5-15)20-9-7-13-3-6-16-14(11-13)8-10-24-16/h3,6,11,15H,2,4-5,7-10,12H2,1H3,(H,22,23)(H2,19,20,21). The van der Waals surface area contributed by atoms with Gasteiger partial charge in [-0.1, -0.05) is 12.1 Å². The van der Waals surface area contributed by atoms with Gasteiger partial charge in [-0.2, -0.15) is 0 Å². The number of nitrogens with one attached hydrogen (secondary N) is 3. The largest absolute Gasteiger partial charge is 0.493 e. The van der Waals surface area contributed by atoms with Gasteiger partial charge >= 0.3 is 0 Å². The average Bonchev–Trinajstić information content (AvgIpc) is 3.26. The van der Waals surface area contributed by atoms with Crippen molar-refractivity contribution in [1.29, 1.82) is 0 Å². The topological polar surface area (TPSA) is 74.8 Å². The summed E-state index contributed by atoms with van der Waals surface area (Å²) in [6, 6.07) is 6.77. The highest BCUT2D eigenvalue weighted by Crippen LogP contribution is 2.25. The lowest BCUT2D eigenvalue weighted by Gasteiger charge is -2.11. The zero-order valence-corrected chi connectivity index (χ0v) is 14.2. The molecule has 1 saturated carbocycles. The van der Waals surface area contributed by atoms with Crippen molar-refractivity contribution in [3.63, 3.8) is 0 Å². The minimum atomic E-state index is -0.00618. The Morgan fingerprint density at radius 3 is 3.00 bits per heavy atom. The summed E-state index contributed by atoms with van der Waals surface area (Å²) in [7, 11) is 0. The molecule has 0 aromatic heterocycles. The van der Waals surface area contributed by atoms with Gasteiger partial charge < -0.3 is 20.7 Å². The number of amides is 1. The smallest absolute Gasteiger partial charge is 0.242 e. The molecule has 130 valence electrons. The van der Waals surface area contributed by atoms with Gasteiger partial charge in [0.1, 0.15) is 12.3 Å². The molecule has 1 aliphatic carbocycles. The number of hydrogen-bond acceptors (Lipinski definition) is 3. The van der Waals surface area contributed by atoms with E-state index in [0.717, 1.165) is 51.1 Å². The number of rotatable bonds is 7. The van der Waals surface area contributed by atoms with E-state index in [1.165, 1.54) is 11.1 Å². The van der Waals surface area contributed by atoms with Crippen molar-refractivity contribution >= 4 is 11.9 Å². The van der Waals surface area contributed by atoms with Crippen LogP contribution < -0.4 is 20.7 Å². The summed E-state index contributed by atoms with van der Waals surface area (Å²) in [4.78, 5) is 16.1. The highest BCUT2D eigenvalue weighted by molar-refractivity contribution is 5.85. The first-order valence-corrected chi connectivity index (χ1v) is 8.80. The molecule has 2 aliphatic rings. The van der Waals surface area contributed by atoms with Crippen LogP contribution in [-0.4, -0.2) is 44.1 Å². The number of benzene rings is 1. The fourth-order valence-electron chi connectivity index (χ4n) is 2.71. The average molecular weight is 330 g/mol. The predicted octanol–water partition coefficient (Wildman–Crippen LogP) is 0.998. The molecular weight excluding hydrogens is 304 g/mol. The molecule has 1 heterocycles. The van der Waals surface area contributed by atoms with E-state index in [2.05, 4.69) is 39.1 Å². The maximum Gasteiger partial charge on any atom is 0.242 e. The Labute approximate surface area is 143 Å². The van der Waals surface area contributed by atoms with Crippen LogP contribution in [0.25, 0.3) is 0 Å². The molecule has 3 N–H and O–H groups in total. The molecule has 0 saturated heterocycles. The molecule has 6 heteroatoms. The van der Waals surface area contributed by atoms with Crippen molar-refractivity contribution in [3.8, 4) is 5.75 Å². The zero-order valence-electron chi connectivity index (χ0n) is 14.2.